The number of ether oxygens (including phenoxy) is 2. The van der Waals surface area contributed by atoms with Gasteiger partial charge >= 0.3 is 0 Å². The van der Waals surface area contributed by atoms with Gasteiger partial charge in [0.1, 0.15) is 0 Å². The molecule has 0 aromatic carbocycles. The molecule has 0 aliphatic carbocycles. The lowest BCUT2D eigenvalue weighted by Crippen LogP contribution is -2.41. The highest BCUT2D eigenvalue weighted by Gasteiger charge is 2.33. The molecule has 1 N–H and O–H groups in total. The fourth-order valence-electron chi connectivity index (χ4n) is 1.92. The third-order valence-corrected chi connectivity index (χ3v) is 4.92. The van der Waals surface area contributed by atoms with Gasteiger partial charge in [0, 0.05) is 5.92 Å². The van der Waals surface area contributed by atoms with Gasteiger partial charge in [0.15, 0.2) is 0 Å². The second-order valence-electron chi connectivity index (χ2n) is 5.95. The molecule has 0 amide bonds. The van der Waals surface area contributed by atoms with Gasteiger partial charge in [-0.25, -0.2) is 0 Å². The molecule has 5 unspecified atom stereocenters. The average Bonchev–Trinajstić information content (AvgIpc) is 2.42. The number of hydrogen-bond acceptors (Lipinski definition) is 3. The largest absolute Gasteiger partial charge is 0.391 e. The smallest absolute Gasteiger partial charge is 0.0844 e. The Morgan fingerprint density at radius 1 is 1.20 bits per heavy atom. The summed E-state index contributed by atoms with van der Waals surface area (Å²) in [7, 11) is 2.80. The van der Waals surface area contributed by atoms with Crippen molar-refractivity contribution in [3.63, 3.8) is 0 Å². The standard InChI is InChI=1S/C16H33O3P/c1-7-10-16(20,9-3)19-11-13(4)15(6,8-2)18-12-14(5)17/h7,13-14,17H,1,8-12,20H2,2-6H3. The van der Waals surface area contributed by atoms with Crippen LogP contribution in [-0.4, -0.2) is 35.4 Å². The fraction of sp³-hybridized carbons (Fsp3) is 0.875. The average molecular weight is 304 g/mol. The highest BCUT2D eigenvalue weighted by atomic mass is 31.0. The Morgan fingerprint density at radius 3 is 2.20 bits per heavy atom. The summed E-state index contributed by atoms with van der Waals surface area (Å²) in [5.41, 5.74) is -0.273. The third kappa shape index (κ3) is 6.67. The van der Waals surface area contributed by atoms with Gasteiger partial charge in [0.05, 0.1) is 30.3 Å². The van der Waals surface area contributed by atoms with Gasteiger partial charge in [-0.1, -0.05) is 26.8 Å². The van der Waals surface area contributed by atoms with E-state index < -0.39 is 6.10 Å². The quantitative estimate of drug-likeness (QED) is 0.466. The molecule has 0 saturated heterocycles. The molecule has 0 rings (SSSR count). The van der Waals surface area contributed by atoms with E-state index in [9.17, 15) is 5.11 Å². The minimum atomic E-state index is -0.439. The van der Waals surface area contributed by atoms with Crippen LogP contribution in [0.3, 0.4) is 0 Å². The second kappa shape index (κ2) is 9.15. The Balaban J connectivity index is 4.53. The van der Waals surface area contributed by atoms with Crippen molar-refractivity contribution in [1.29, 1.82) is 0 Å². The van der Waals surface area contributed by atoms with Crippen molar-refractivity contribution in [2.24, 2.45) is 5.92 Å². The van der Waals surface area contributed by atoms with Crippen LogP contribution in [0.2, 0.25) is 0 Å². The van der Waals surface area contributed by atoms with Gasteiger partial charge in [0.25, 0.3) is 0 Å². The van der Waals surface area contributed by atoms with Crippen LogP contribution >= 0.6 is 9.24 Å². The molecular weight excluding hydrogens is 271 g/mol. The fourth-order valence-corrected chi connectivity index (χ4v) is 2.18. The molecule has 5 atom stereocenters. The molecule has 20 heavy (non-hydrogen) atoms. The van der Waals surface area contributed by atoms with Crippen LogP contribution in [0.4, 0.5) is 0 Å². The maximum atomic E-state index is 9.39. The van der Waals surface area contributed by atoms with E-state index in [2.05, 4.69) is 43.5 Å². The third-order valence-electron chi connectivity index (χ3n) is 4.11. The van der Waals surface area contributed by atoms with Crippen molar-refractivity contribution in [1.82, 2.24) is 0 Å². The maximum Gasteiger partial charge on any atom is 0.0844 e. The predicted octanol–water partition coefficient (Wildman–Crippen LogP) is 3.76. The van der Waals surface area contributed by atoms with E-state index >= 15 is 0 Å². The molecule has 0 aliphatic rings. The molecule has 0 fully saturated rings. The molecule has 0 aromatic rings. The van der Waals surface area contributed by atoms with Crippen LogP contribution in [0.1, 0.15) is 53.9 Å². The van der Waals surface area contributed by atoms with E-state index in [1.807, 2.05) is 6.08 Å². The minimum Gasteiger partial charge on any atom is -0.391 e. The number of hydrogen-bond donors (Lipinski definition) is 1. The normalized spacial score (nSPS) is 20.8. The lowest BCUT2D eigenvalue weighted by molar-refractivity contribution is -0.122. The van der Waals surface area contributed by atoms with E-state index in [4.69, 9.17) is 9.47 Å². The monoisotopic (exact) mass is 304 g/mol. The highest BCUT2D eigenvalue weighted by Crippen LogP contribution is 2.32. The van der Waals surface area contributed by atoms with Crippen LogP contribution in [0.25, 0.3) is 0 Å². The van der Waals surface area contributed by atoms with Crippen molar-refractivity contribution in [2.45, 2.75) is 70.9 Å². The summed E-state index contributed by atoms with van der Waals surface area (Å²) < 4.78 is 12.0. The number of aliphatic hydroxyl groups excluding tert-OH is 1. The highest BCUT2D eigenvalue weighted by molar-refractivity contribution is 7.18. The predicted molar refractivity (Wildman–Crippen MR) is 89.0 cm³/mol. The first-order chi connectivity index (χ1) is 9.23. The molecule has 0 saturated carbocycles. The van der Waals surface area contributed by atoms with Crippen LogP contribution in [0, 0.1) is 5.92 Å². The Kier molecular flexibility index (Phi) is 9.17. The molecule has 0 bridgehead atoms. The first kappa shape index (κ1) is 20.1. The van der Waals surface area contributed by atoms with E-state index in [0.29, 0.717) is 13.2 Å². The van der Waals surface area contributed by atoms with Crippen LogP contribution in [-0.2, 0) is 9.47 Å². The van der Waals surface area contributed by atoms with Crippen molar-refractivity contribution >= 4 is 9.24 Å². The van der Waals surface area contributed by atoms with E-state index in [1.54, 1.807) is 6.92 Å². The van der Waals surface area contributed by atoms with Gasteiger partial charge in [-0.3, -0.25) is 0 Å². The van der Waals surface area contributed by atoms with E-state index in [-0.39, 0.29) is 16.9 Å². The molecule has 0 radical (unpaired) electrons. The van der Waals surface area contributed by atoms with Gasteiger partial charge in [-0.2, -0.15) is 0 Å². The first-order valence-corrected chi connectivity index (χ1v) is 8.16. The van der Waals surface area contributed by atoms with Gasteiger partial charge in [-0.05, 0) is 33.1 Å². The van der Waals surface area contributed by atoms with Crippen molar-refractivity contribution in [3.05, 3.63) is 12.7 Å². The van der Waals surface area contributed by atoms with Gasteiger partial charge in [0.2, 0.25) is 0 Å². The Bertz CT molecular complexity index is 283. The molecule has 0 spiro atoms. The number of aliphatic hydroxyl groups is 1. The summed E-state index contributed by atoms with van der Waals surface area (Å²) in [6, 6.07) is 0. The summed E-state index contributed by atoms with van der Waals surface area (Å²) >= 11 is 0. The van der Waals surface area contributed by atoms with Crippen LogP contribution in [0.15, 0.2) is 12.7 Å². The van der Waals surface area contributed by atoms with Gasteiger partial charge in [-0.15, -0.1) is 15.8 Å². The summed E-state index contributed by atoms with van der Waals surface area (Å²) in [5, 5.41) is 9.16. The van der Waals surface area contributed by atoms with Crippen molar-refractivity contribution in [2.75, 3.05) is 13.2 Å². The van der Waals surface area contributed by atoms with Gasteiger partial charge < -0.3 is 14.6 Å². The maximum absolute atomic E-state index is 9.39. The van der Waals surface area contributed by atoms with Crippen LogP contribution in [0.5, 0.6) is 0 Å². The number of rotatable bonds is 11. The summed E-state index contributed by atoms with van der Waals surface area (Å²) in [5.74, 6) is 0.252. The lowest BCUT2D eigenvalue weighted by Gasteiger charge is -2.37. The van der Waals surface area contributed by atoms with E-state index in [0.717, 1.165) is 19.3 Å². The first-order valence-electron chi connectivity index (χ1n) is 7.58. The molecule has 0 heterocycles. The zero-order chi connectivity index (χ0) is 15.8. The molecule has 0 aliphatic heterocycles. The Labute approximate surface area is 127 Å². The lowest BCUT2D eigenvalue weighted by atomic mass is 9.88. The zero-order valence-electron chi connectivity index (χ0n) is 13.8. The Morgan fingerprint density at radius 2 is 1.80 bits per heavy atom. The molecular formula is C16H33O3P. The van der Waals surface area contributed by atoms with Crippen LogP contribution < -0.4 is 0 Å². The second-order valence-corrected chi connectivity index (χ2v) is 7.00. The molecule has 120 valence electrons. The zero-order valence-corrected chi connectivity index (χ0v) is 15.0. The minimum absolute atomic E-state index is 0.227. The summed E-state index contributed by atoms with van der Waals surface area (Å²) in [6.45, 7) is 15.0. The van der Waals surface area contributed by atoms with Crippen molar-refractivity contribution < 1.29 is 14.6 Å². The molecule has 3 nitrogen and oxygen atoms in total. The van der Waals surface area contributed by atoms with E-state index in [1.165, 1.54) is 0 Å². The molecule has 0 aromatic heterocycles. The topological polar surface area (TPSA) is 38.7 Å². The van der Waals surface area contributed by atoms with Crippen molar-refractivity contribution in [3.8, 4) is 0 Å². The summed E-state index contributed by atoms with van der Waals surface area (Å²) in [4.78, 5) is 0. The Hall–Kier alpha value is 0.0500. The summed E-state index contributed by atoms with van der Waals surface area (Å²) in [6.07, 6.45) is 4.09. The molecule has 4 heteroatoms. The SMILES string of the molecule is C=CCC(P)(CC)OCC(C)C(C)(CC)OCC(C)O.